The summed E-state index contributed by atoms with van der Waals surface area (Å²) >= 11 is 7.90. The van der Waals surface area contributed by atoms with Crippen molar-refractivity contribution in [2.75, 3.05) is 12.5 Å². The lowest BCUT2D eigenvalue weighted by Crippen LogP contribution is -2.13. The summed E-state index contributed by atoms with van der Waals surface area (Å²) in [6.45, 7) is 0.256. The summed E-state index contributed by atoms with van der Waals surface area (Å²) in [5, 5.41) is 14.6. The number of rotatable bonds is 2. The van der Waals surface area contributed by atoms with E-state index >= 15 is 0 Å². The molecule has 0 saturated heterocycles. The minimum absolute atomic E-state index is 0.256. The first kappa shape index (κ1) is 14.8. The van der Waals surface area contributed by atoms with Crippen LogP contribution in [-0.2, 0) is 0 Å². The summed E-state index contributed by atoms with van der Waals surface area (Å²) in [4.78, 5) is 0. The van der Waals surface area contributed by atoms with Gasteiger partial charge in [-0.3, -0.25) is 0 Å². The molecule has 1 aromatic heterocycles. The number of thioether (sulfide) groups is 1. The average Bonchev–Trinajstić information content (AvgIpc) is 3.27. The Kier molecular flexibility index (Phi) is 3.43. The minimum Gasteiger partial charge on any atom is -0.454 e. The molecule has 0 N–H and O–H groups in total. The topological polar surface area (TPSA) is 61.5 Å². The molecule has 0 unspecified atom stereocenters. The lowest BCUT2D eigenvalue weighted by molar-refractivity contribution is 0.174. The number of benzene rings is 2. The summed E-state index contributed by atoms with van der Waals surface area (Å²) in [6.07, 6.45) is 0. The molecule has 8 heteroatoms. The first-order chi connectivity index (χ1) is 12.3. The minimum atomic E-state index is 0.256. The summed E-state index contributed by atoms with van der Waals surface area (Å²) in [7, 11) is 0. The van der Waals surface area contributed by atoms with Crippen LogP contribution in [0.25, 0.3) is 11.4 Å². The molecule has 0 fully saturated rings. The smallest absolute Gasteiger partial charge is 0.231 e. The van der Waals surface area contributed by atoms with Crippen molar-refractivity contribution >= 4 is 29.1 Å². The molecule has 2 aromatic carbocycles. The maximum absolute atomic E-state index is 6.31. The molecule has 2 aliphatic heterocycles. The molecule has 2 aliphatic rings. The molecule has 0 saturated carbocycles. The van der Waals surface area contributed by atoms with Gasteiger partial charge < -0.3 is 9.47 Å². The van der Waals surface area contributed by atoms with Crippen molar-refractivity contribution < 1.29 is 9.47 Å². The molecule has 3 heterocycles. The fourth-order valence-corrected chi connectivity index (χ4v) is 3.81. The molecule has 3 aromatic rings. The zero-order valence-electron chi connectivity index (χ0n) is 12.8. The molecule has 0 amide bonds. The number of ether oxygens (including phenoxy) is 2. The van der Waals surface area contributed by atoms with Crippen LogP contribution in [0.2, 0.25) is 5.02 Å². The van der Waals surface area contributed by atoms with Crippen molar-refractivity contribution in [3.05, 3.63) is 53.1 Å². The van der Waals surface area contributed by atoms with E-state index in [0.717, 1.165) is 33.5 Å². The highest BCUT2D eigenvalue weighted by molar-refractivity contribution is 7.99. The van der Waals surface area contributed by atoms with Gasteiger partial charge in [0.25, 0.3) is 0 Å². The van der Waals surface area contributed by atoms with E-state index in [1.54, 1.807) is 16.4 Å². The predicted octanol–water partition coefficient (Wildman–Crippen LogP) is 3.69. The highest BCUT2D eigenvalue weighted by atomic mass is 35.5. The van der Waals surface area contributed by atoms with E-state index in [1.165, 1.54) is 0 Å². The second-order valence-corrected chi connectivity index (χ2v) is 6.85. The second kappa shape index (κ2) is 5.79. The van der Waals surface area contributed by atoms with Crippen LogP contribution in [0.4, 0.5) is 0 Å². The predicted molar refractivity (Wildman–Crippen MR) is 95.7 cm³/mol. The van der Waals surface area contributed by atoms with Gasteiger partial charge in [0.2, 0.25) is 11.9 Å². The molecule has 0 radical (unpaired) electrons. The number of fused-ring (bicyclic) bond motifs is 2. The maximum atomic E-state index is 6.31. The Morgan fingerprint density at radius 3 is 2.84 bits per heavy atom. The van der Waals surface area contributed by atoms with E-state index < -0.39 is 0 Å². The van der Waals surface area contributed by atoms with E-state index in [1.807, 2.05) is 42.5 Å². The van der Waals surface area contributed by atoms with E-state index in [-0.39, 0.29) is 6.79 Å². The quantitative estimate of drug-likeness (QED) is 0.688. The van der Waals surface area contributed by atoms with Gasteiger partial charge in [-0.05, 0) is 30.3 Å². The molecular formula is C17H11ClN4O2S. The van der Waals surface area contributed by atoms with Crippen LogP contribution in [0.1, 0.15) is 5.56 Å². The lowest BCUT2D eigenvalue weighted by atomic mass is 10.1. The Bertz CT molecular complexity index is 1020. The van der Waals surface area contributed by atoms with Crippen LogP contribution in [0.5, 0.6) is 11.5 Å². The van der Waals surface area contributed by atoms with Gasteiger partial charge in [-0.15, -0.1) is 10.2 Å². The normalized spacial score (nSPS) is 15.0. The van der Waals surface area contributed by atoms with Crippen molar-refractivity contribution in [1.29, 1.82) is 0 Å². The monoisotopic (exact) mass is 370 g/mol. The van der Waals surface area contributed by atoms with Gasteiger partial charge in [-0.25, -0.2) is 0 Å². The lowest BCUT2D eigenvalue weighted by Gasteiger charge is -2.14. The van der Waals surface area contributed by atoms with Crippen LogP contribution in [0, 0.1) is 0 Å². The number of halogens is 1. The number of aromatic nitrogens is 3. The largest absolute Gasteiger partial charge is 0.454 e. The average molecular weight is 371 g/mol. The van der Waals surface area contributed by atoms with Crippen LogP contribution in [0.3, 0.4) is 0 Å². The fourth-order valence-electron chi connectivity index (χ4n) is 2.76. The summed E-state index contributed by atoms with van der Waals surface area (Å²) in [5.41, 5.74) is 2.71. The molecule has 0 aliphatic carbocycles. The maximum Gasteiger partial charge on any atom is 0.231 e. The Balaban J connectivity index is 1.60. The van der Waals surface area contributed by atoms with Crippen LogP contribution >= 0.6 is 23.4 Å². The first-order valence-electron chi connectivity index (χ1n) is 7.60. The van der Waals surface area contributed by atoms with Gasteiger partial charge in [-0.2, -0.15) is 9.78 Å². The number of hydrogen-bond donors (Lipinski definition) is 0. The molecule has 0 atom stereocenters. The molecule has 6 nitrogen and oxygen atoms in total. The van der Waals surface area contributed by atoms with Gasteiger partial charge >= 0.3 is 0 Å². The van der Waals surface area contributed by atoms with E-state index in [2.05, 4.69) is 10.2 Å². The van der Waals surface area contributed by atoms with Gasteiger partial charge in [0, 0.05) is 16.9 Å². The standard InChI is InChI=1S/C17H11ClN4O2S/c18-12-4-2-1-3-11(12)16-19-20-17-22(16)21-13(8-25-17)10-5-6-14-15(7-10)24-9-23-14/h1-7H,8-9H2. The van der Waals surface area contributed by atoms with E-state index in [4.69, 9.17) is 26.2 Å². The highest BCUT2D eigenvalue weighted by Crippen LogP contribution is 2.35. The SMILES string of the molecule is Clc1ccccc1-c1nnc2n1N=C(c1ccc3c(c1)OCO3)CS2. The van der Waals surface area contributed by atoms with Crippen molar-refractivity contribution in [1.82, 2.24) is 14.9 Å². The van der Waals surface area contributed by atoms with Crippen molar-refractivity contribution in [2.45, 2.75) is 5.16 Å². The Labute approximate surface area is 152 Å². The van der Waals surface area contributed by atoms with Crippen molar-refractivity contribution in [3.63, 3.8) is 0 Å². The van der Waals surface area contributed by atoms with Crippen LogP contribution in [-0.4, -0.2) is 33.1 Å². The summed E-state index contributed by atoms with van der Waals surface area (Å²) in [6, 6.07) is 13.4. The van der Waals surface area contributed by atoms with E-state index in [9.17, 15) is 0 Å². The third kappa shape index (κ3) is 2.47. The van der Waals surface area contributed by atoms with Gasteiger partial charge in [0.1, 0.15) is 0 Å². The Morgan fingerprint density at radius 2 is 1.92 bits per heavy atom. The molecular weight excluding hydrogens is 360 g/mol. The fraction of sp³-hybridized carbons (Fsp3) is 0.118. The van der Waals surface area contributed by atoms with Crippen molar-refractivity contribution in [3.8, 4) is 22.9 Å². The summed E-state index contributed by atoms with van der Waals surface area (Å²) < 4.78 is 12.6. The van der Waals surface area contributed by atoms with E-state index in [0.29, 0.717) is 16.6 Å². The molecule has 0 bridgehead atoms. The first-order valence-corrected chi connectivity index (χ1v) is 8.97. The highest BCUT2D eigenvalue weighted by Gasteiger charge is 2.23. The summed E-state index contributed by atoms with van der Waals surface area (Å²) in [5.74, 6) is 2.84. The molecule has 25 heavy (non-hydrogen) atoms. The van der Waals surface area contributed by atoms with Gasteiger partial charge in [0.05, 0.1) is 10.7 Å². The molecule has 5 rings (SSSR count). The molecule has 124 valence electrons. The Hall–Kier alpha value is -2.51. The Morgan fingerprint density at radius 1 is 1.04 bits per heavy atom. The molecule has 0 spiro atoms. The second-order valence-electron chi connectivity index (χ2n) is 5.50. The van der Waals surface area contributed by atoms with Crippen LogP contribution < -0.4 is 9.47 Å². The number of nitrogens with zero attached hydrogens (tertiary/aromatic N) is 4. The third-order valence-corrected chi connectivity index (χ3v) is 5.25. The van der Waals surface area contributed by atoms with Gasteiger partial charge in [-0.1, -0.05) is 35.5 Å². The van der Waals surface area contributed by atoms with Gasteiger partial charge in [0.15, 0.2) is 17.3 Å². The third-order valence-electron chi connectivity index (χ3n) is 3.99. The van der Waals surface area contributed by atoms with Crippen LogP contribution in [0.15, 0.2) is 52.7 Å². The number of hydrogen-bond acceptors (Lipinski definition) is 6. The van der Waals surface area contributed by atoms with Crippen molar-refractivity contribution in [2.24, 2.45) is 5.10 Å². The zero-order valence-corrected chi connectivity index (χ0v) is 14.4. The zero-order chi connectivity index (χ0) is 16.8.